The monoisotopic (exact) mass is 155 g/mol. The lowest BCUT2D eigenvalue weighted by atomic mass is 10.5. The van der Waals surface area contributed by atoms with Crippen LogP contribution in [0.25, 0.3) is 0 Å². The fourth-order valence-electron chi connectivity index (χ4n) is 0.597. The lowest BCUT2D eigenvalue weighted by molar-refractivity contribution is 0.0919. The number of nitrogens with one attached hydrogen (secondary N) is 1. The van der Waals surface area contributed by atoms with Crippen LogP contribution >= 0.6 is 0 Å². The number of nitrogens with zero attached hydrogens (tertiary/aromatic N) is 2. The van der Waals surface area contributed by atoms with Crippen molar-refractivity contribution >= 4 is 5.91 Å². The first-order valence-corrected chi connectivity index (χ1v) is 3.32. The van der Waals surface area contributed by atoms with Gasteiger partial charge >= 0.3 is 11.8 Å². The quantitative estimate of drug-likeness (QED) is 0.652. The summed E-state index contributed by atoms with van der Waals surface area (Å²) < 4.78 is 4.64. The van der Waals surface area contributed by atoms with Gasteiger partial charge in [0.1, 0.15) is 0 Å². The second-order valence-corrected chi connectivity index (χ2v) is 1.95. The van der Waals surface area contributed by atoms with Gasteiger partial charge in [0.2, 0.25) is 0 Å². The van der Waals surface area contributed by atoms with E-state index in [9.17, 15) is 4.79 Å². The minimum absolute atomic E-state index is 0.0179. The molecule has 0 aliphatic rings. The van der Waals surface area contributed by atoms with E-state index in [1.165, 1.54) is 7.05 Å². The molecule has 1 aromatic heterocycles. The number of aryl methyl sites for hydroxylation is 1. The Morgan fingerprint density at radius 3 is 2.91 bits per heavy atom. The molecule has 0 spiro atoms. The van der Waals surface area contributed by atoms with E-state index in [1.807, 2.05) is 6.92 Å². The van der Waals surface area contributed by atoms with Crippen LogP contribution in [-0.2, 0) is 6.42 Å². The van der Waals surface area contributed by atoms with Gasteiger partial charge in [-0.25, -0.2) is 0 Å². The molecule has 5 heteroatoms. The fourth-order valence-corrected chi connectivity index (χ4v) is 0.597. The maximum Gasteiger partial charge on any atom is 0.315 e. The maximum atomic E-state index is 10.8. The van der Waals surface area contributed by atoms with E-state index in [2.05, 4.69) is 20.0 Å². The number of carbonyl (C=O) groups excluding carboxylic acids is 1. The van der Waals surface area contributed by atoms with Crippen LogP contribution < -0.4 is 5.32 Å². The zero-order valence-electron chi connectivity index (χ0n) is 6.42. The van der Waals surface area contributed by atoms with Crippen LogP contribution in [0.4, 0.5) is 0 Å². The minimum atomic E-state index is -0.350. The highest BCUT2D eigenvalue weighted by molar-refractivity contribution is 5.89. The summed E-state index contributed by atoms with van der Waals surface area (Å²) in [7, 11) is 1.51. The Morgan fingerprint density at radius 1 is 1.73 bits per heavy atom. The third kappa shape index (κ3) is 1.54. The molecule has 5 nitrogen and oxygen atoms in total. The Bertz CT molecular complexity index is 256. The van der Waals surface area contributed by atoms with Gasteiger partial charge in [-0.05, 0) is 0 Å². The summed E-state index contributed by atoms with van der Waals surface area (Å²) in [6.45, 7) is 1.89. The smallest absolute Gasteiger partial charge is 0.315 e. The molecule has 0 radical (unpaired) electrons. The van der Waals surface area contributed by atoms with E-state index < -0.39 is 0 Å². The van der Waals surface area contributed by atoms with Gasteiger partial charge in [0, 0.05) is 13.5 Å². The number of carbonyl (C=O) groups is 1. The van der Waals surface area contributed by atoms with E-state index >= 15 is 0 Å². The van der Waals surface area contributed by atoms with E-state index in [4.69, 9.17) is 0 Å². The number of aromatic nitrogens is 2. The van der Waals surface area contributed by atoms with Crippen LogP contribution in [0.1, 0.15) is 23.4 Å². The first-order valence-electron chi connectivity index (χ1n) is 3.32. The standard InChI is InChI=1S/C6H9N3O2/c1-3-4-8-6(11-9-4)5(10)7-2/h3H2,1-2H3,(H,7,10). The molecular weight excluding hydrogens is 146 g/mol. The highest BCUT2D eigenvalue weighted by Gasteiger charge is 2.11. The molecule has 1 heterocycles. The lowest BCUT2D eigenvalue weighted by Crippen LogP contribution is -2.18. The summed E-state index contributed by atoms with van der Waals surface area (Å²) in [6.07, 6.45) is 0.667. The lowest BCUT2D eigenvalue weighted by Gasteiger charge is -1.87. The molecule has 0 atom stereocenters. The van der Waals surface area contributed by atoms with Gasteiger partial charge in [-0.1, -0.05) is 12.1 Å². The predicted molar refractivity (Wildman–Crippen MR) is 37.1 cm³/mol. The number of hydrogen-bond acceptors (Lipinski definition) is 4. The van der Waals surface area contributed by atoms with E-state index in [1.54, 1.807) is 0 Å². The van der Waals surface area contributed by atoms with Crippen LogP contribution in [0.2, 0.25) is 0 Å². The molecule has 0 saturated heterocycles. The van der Waals surface area contributed by atoms with Crippen molar-refractivity contribution in [2.24, 2.45) is 0 Å². The highest BCUT2D eigenvalue weighted by atomic mass is 16.5. The predicted octanol–water partition coefficient (Wildman–Crippen LogP) is -0.00840. The molecule has 0 bridgehead atoms. The van der Waals surface area contributed by atoms with Crippen LogP contribution in [0.5, 0.6) is 0 Å². The van der Waals surface area contributed by atoms with Crippen LogP contribution in [0.15, 0.2) is 4.52 Å². The average molecular weight is 155 g/mol. The van der Waals surface area contributed by atoms with Gasteiger partial charge in [0.15, 0.2) is 5.82 Å². The van der Waals surface area contributed by atoms with Gasteiger partial charge in [-0.3, -0.25) is 4.79 Å². The van der Waals surface area contributed by atoms with Gasteiger partial charge in [0.05, 0.1) is 0 Å². The molecule has 1 amide bonds. The molecule has 1 aromatic rings. The zero-order valence-corrected chi connectivity index (χ0v) is 6.42. The molecule has 11 heavy (non-hydrogen) atoms. The second kappa shape index (κ2) is 3.14. The molecular formula is C6H9N3O2. The first-order chi connectivity index (χ1) is 5.27. The molecule has 0 fully saturated rings. The Labute approximate surface area is 63.8 Å². The maximum absolute atomic E-state index is 10.8. The van der Waals surface area contributed by atoms with Crippen LogP contribution in [0.3, 0.4) is 0 Å². The number of amides is 1. The molecule has 60 valence electrons. The normalized spacial score (nSPS) is 9.64. The van der Waals surface area contributed by atoms with Crippen molar-refractivity contribution < 1.29 is 9.32 Å². The Kier molecular flexibility index (Phi) is 2.20. The Morgan fingerprint density at radius 2 is 2.45 bits per heavy atom. The molecule has 0 saturated carbocycles. The summed E-state index contributed by atoms with van der Waals surface area (Å²) in [5.74, 6) is 0.213. The second-order valence-electron chi connectivity index (χ2n) is 1.95. The largest absolute Gasteiger partial charge is 0.351 e. The summed E-state index contributed by atoms with van der Waals surface area (Å²) in [6, 6.07) is 0. The Hall–Kier alpha value is -1.39. The van der Waals surface area contributed by atoms with E-state index in [-0.39, 0.29) is 11.8 Å². The molecule has 0 aromatic carbocycles. The molecule has 1 rings (SSSR count). The summed E-state index contributed by atoms with van der Waals surface area (Å²) >= 11 is 0. The zero-order chi connectivity index (χ0) is 8.27. The van der Waals surface area contributed by atoms with Crippen molar-refractivity contribution in [3.63, 3.8) is 0 Å². The number of hydrogen-bond donors (Lipinski definition) is 1. The summed E-state index contributed by atoms with van der Waals surface area (Å²) in [4.78, 5) is 14.6. The van der Waals surface area contributed by atoms with Gasteiger partial charge in [-0.2, -0.15) is 4.98 Å². The van der Waals surface area contributed by atoms with Crippen LogP contribution in [0, 0.1) is 0 Å². The van der Waals surface area contributed by atoms with Gasteiger partial charge in [0.25, 0.3) is 0 Å². The van der Waals surface area contributed by atoms with E-state index in [0.717, 1.165) is 0 Å². The third-order valence-electron chi connectivity index (χ3n) is 1.21. The van der Waals surface area contributed by atoms with Crippen molar-refractivity contribution in [3.05, 3.63) is 11.7 Å². The minimum Gasteiger partial charge on any atom is -0.351 e. The van der Waals surface area contributed by atoms with E-state index in [0.29, 0.717) is 12.2 Å². The topological polar surface area (TPSA) is 68.0 Å². The molecule has 0 aliphatic carbocycles. The number of rotatable bonds is 2. The van der Waals surface area contributed by atoms with Crippen molar-refractivity contribution in [3.8, 4) is 0 Å². The fraction of sp³-hybridized carbons (Fsp3) is 0.500. The van der Waals surface area contributed by atoms with Crippen molar-refractivity contribution in [1.29, 1.82) is 0 Å². The SMILES string of the molecule is CCc1noc(C(=O)NC)n1. The summed E-state index contributed by atoms with van der Waals surface area (Å²) in [5, 5.41) is 5.94. The first kappa shape index (κ1) is 7.71. The molecule has 0 unspecified atom stereocenters. The van der Waals surface area contributed by atoms with Crippen molar-refractivity contribution in [2.75, 3.05) is 7.05 Å². The van der Waals surface area contributed by atoms with Crippen LogP contribution in [-0.4, -0.2) is 23.1 Å². The van der Waals surface area contributed by atoms with Gasteiger partial charge in [-0.15, -0.1) is 0 Å². The van der Waals surface area contributed by atoms with Crippen molar-refractivity contribution in [2.45, 2.75) is 13.3 Å². The highest BCUT2D eigenvalue weighted by Crippen LogP contribution is 1.96. The van der Waals surface area contributed by atoms with Gasteiger partial charge < -0.3 is 9.84 Å². The van der Waals surface area contributed by atoms with Crippen molar-refractivity contribution in [1.82, 2.24) is 15.5 Å². The Balaban J connectivity index is 2.80. The molecule has 0 aliphatic heterocycles. The molecule has 1 N–H and O–H groups in total. The third-order valence-corrected chi connectivity index (χ3v) is 1.21. The average Bonchev–Trinajstić information content (AvgIpc) is 2.50. The summed E-state index contributed by atoms with van der Waals surface area (Å²) in [5.41, 5.74) is 0.